The summed E-state index contributed by atoms with van der Waals surface area (Å²) in [7, 11) is 1.75. The van der Waals surface area contributed by atoms with E-state index in [0.29, 0.717) is 6.04 Å². The van der Waals surface area contributed by atoms with Crippen molar-refractivity contribution < 1.29 is 4.74 Å². The van der Waals surface area contributed by atoms with Crippen LogP contribution in [0, 0.1) is 6.92 Å². The van der Waals surface area contributed by atoms with E-state index in [1.807, 2.05) is 0 Å². The Bertz CT molecular complexity index is 441. The van der Waals surface area contributed by atoms with E-state index in [4.69, 9.17) is 4.74 Å². The Balaban J connectivity index is 1.60. The van der Waals surface area contributed by atoms with Crippen molar-refractivity contribution in [2.45, 2.75) is 44.7 Å². The Morgan fingerprint density at radius 2 is 2.20 bits per heavy atom. The van der Waals surface area contributed by atoms with Gasteiger partial charge in [-0.3, -0.25) is 4.90 Å². The van der Waals surface area contributed by atoms with E-state index in [-0.39, 0.29) is 0 Å². The summed E-state index contributed by atoms with van der Waals surface area (Å²) in [6.45, 7) is 6.22. The smallest absolute Gasteiger partial charge is 0.203 e. The zero-order chi connectivity index (χ0) is 13.9. The Labute approximate surface area is 121 Å². The van der Waals surface area contributed by atoms with E-state index in [0.717, 1.165) is 37.3 Å². The molecule has 1 aromatic rings. The molecule has 112 valence electrons. The van der Waals surface area contributed by atoms with Crippen molar-refractivity contribution in [3.63, 3.8) is 0 Å². The molecule has 1 aromatic heterocycles. The Morgan fingerprint density at radius 1 is 1.35 bits per heavy atom. The summed E-state index contributed by atoms with van der Waals surface area (Å²) in [6.07, 6.45) is 7.26. The quantitative estimate of drug-likeness (QED) is 0.775. The van der Waals surface area contributed by atoms with Crippen molar-refractivity contribution in [1.29, 1.82) is 0 Å². The summed E-state index contributed by atoms with van der Waals surface area (Å²) >= 11 is 0. The van der Waals surface area contributed by atoms with Crippen LogP contribution in [0.1, 0.15) is 37.4 Å². The predicted octanol–water partition coefficient (Wildman–Crippen LogP) is 2.05. The van der Waals surface area contributed by atoms with Crippen LogP contribution in [0.25, 0.3) is 0 Å². The number of hydrogen-bond acceptors (Lipinski definition) is 4. The van der Waals surface area contributed by atoms with Crippen molar-refractivity contribution in [3.05, 3.63) is 11.9 Å². The number of methoxy groups -OCH3 is 1. The number of nitrogens with one attached hydrogen (secondary N) is 1. The summed E-state index contributed by atoms with van der Waals surface area (Å²) in [6, 6.07) is 1.46. The second-order valence-electron chi connectivity index (χ2n) is 6.05. The van der Waals surface area contributed by atoms with Crippen molar-refractivity contribution in [3.8, 4) is 0 Å². The van der Waals surface area contributed by atoms with Crippen LogP contribution in [0.15, 0.2) is 6.20 Å². The number of aromatic nitrogens is 2. The molecule has 20 heavy (non-hydrogen) atoms. The summed E-state index contributed by atoms with van der Waals surface area (Å²) in [5.41, 5.74) is 1.10. The van der Waals surface area contributed by atoms with Crippen LogP contribution >= 0.6 is 0 Å². The number of anilines is 1. The van der Waals surface area contributed by atoms with Gasteiger partial charge >= 0.3 is 0 Å². The van der Waals surface area contributed by atoms with Gasteiger partial charge in [-0.15, -0.1) is 0 Å². The van der Waals surface area contributed by atoms with Gasteiger partial charge in [0.1, 0.15) is 0 Å². The third-order valence-electron chi connectivity index (χ3n) is 4.31. The van der Waals surface area contributed by atoms with Gasteiger partial charge in [-0.2, -0.15) is 0 Å². The minimum Gasteiger partial charge on any atom is -0.385 e. The zero-order valence-electron chi connectivity index (χ0n) is 12.6. The van der Waals surface area contributed by atoms with Crippen molar-refractivity contribution in [2.24, 2.45) is 0 Å². The molecule has 0 radical (unpaired) electrons. The molecule has 0 bridgehead atoms. The monoisotopic (exact) mass is 278 g/mol. The number of rotatable bonds is 7. The first-order valence-corrected chi connectivity index (χ1v) is 7.80. The third-order valence-corrected chi connectivity index (χ3v) is 4.31. The summed E-state index contributed by atoms with van der Waals surface area (Å²) in [4.78, 5) is 7.28. The summed E-state index contributed by atoms with van der Waals surface area (Å²) in [5, 5.41) is 3.46. The lowest BCUT2D eigenvalue weighted by molar-refractivity contribution is 0.197. The van der Waals surface area contributed by atoms with Crippen LogP contribution in [-0.4, -0.2) is 53.8 Å². The standard InChI is InChI=1S/C15H26N4O/c1-12-10-19(15(17-12)16-7-3-9-20-2)14-6-8-18(11-14)13-4-5-13/h10,13-14H,3-9,11H2,1-2H3,(H,16,17). The van der Waals surface area contributed by atoms with Gasteiger partial charge in [0.2, 0.25) is 5.95 Å². The van der Waals surface area contributed by atoms with Gasteiger partial charge in [0.25, 0.3) is 0 Å². The molecule has 2 heterocycles. The molecule has 5 heteroatoms. The molecule has 0 spiro atoms. The number of nitrogens with zero attached hydrogens (tertiary/aromatic N) is 3. The molecular formula is C15H26N4O. The van der Waals surface area contributed by atoms with E-state index in [2.05, 4.69) is 32.9 Å². The lowest BCUT2D eigenvalue weighted by Gasteiger charge is -2.18. The highest BCUT2D eigenvalue weighted by Gasteiger charge is 2.35. The first-order chi connectivity index (χ1) is 9.78. The molecule has 1 saturated carbocycles. The van der Waals surface area contributed by atoms with Crippen LogP contribution in [-0.2, 0) is 4.74 Å². The lowest BCUT2D eigenvalue weighted by atomic mass is 10.2. The molecule has 3 rings (SSSR count). The van der Waals surface area contributed by atoms with Crippen LogP contribution in [0.5, 0.6) is 0 Å². The molecule has 1 saturated heterocycles. The largest absolute Gasteiger partial charge is 0.385 e. The Kier molecular flexibility index (Phi) is 4.27. The first kappa shape index (κ1) is 13.9. The van der Waals surface area contributed by atoms with E-state index in [1.165, 1.54) is 32.4 Å². The molecule has 2 fully saturated rings. The second kappa shape index (κ2) is 6.14. The molecule has 1 aliphatic carbocycles. The summed E-state index contributed by atoms with van der Waals surface area (Å²) in [5.74, 6) is 1.03. The highest BCUT2D eigenvalue weighted by molar-refractivity contribution is 5.30. The minimum absolute atomic E-state index is 0.585. The molecule has 1 aliphatic heterocycles. The highest BCUT2D eigenvalue weighted by Crippen LogP contribution is 2.34. The summed E-state index contributed by atoms with van der Waals surface area (Å²) < 4.78 is 7.44. The minimum atomic E-state index is 0.585. The van der Waals surface area contributed by atoms with Gasteiger partial charge in [0.05, 0.1) is 11.7 Å². The predicted molar refractivity (Wildman–Crippen MR) is 80.2 cm³/mol. The molecule has 1 unspecified atom stereocenters. The average Bonchev–Trinajstić information content (AvgIpc) is 3.05. The maximum Gasteiger partial charge on any atom is 0.203 e. The molecule has 2 aliphatic rings. The first-order valence-electron chi connectivity index (χ1n) is 7.80. The molecule has 0 amide bonds. The fourth-order valence-electron chi connectivity index (χ4n) is 3.11. The molecule has 1 atom stereocenters. The normalized spacial score (nSPS) is 23.4. The topological polar surface area (TPSA) is 42.3 Å². The number of ether oxygens (including phenoxy) is 1. The van der Waals surface area contributed by atoms with E-state index >= 15 is 0 Å². The average molecular weight is 278 g/mol. The lowest BCUT2D eigenvalue weighted by Crippen LogP contribution is -2.24. The Morgan fingerprint density at radius 3 is 2.95 bits per heavy atom. The van der Waals surface area contributed by atoms with Gasteiger partial charge in [-0.05, 0) is 32.6 Å². The van der Waals surface area contributed by atoms with E-state index in [9.17, 15) is 0 Å². The maximum absolute atomic E-state index is 5.09. The van der Waals surface area contributed by atoms with Crippen LogP contribution < -0.4 is 5.32 Å². The SMILES string of the molecule is COCCCNc1nc(C)cn1C1CCN(C2CC2)C1. The number of aryl methyl sites for hydroxylation is 1. The van der Waals surface area contributed by atoms with Gasteiger partial charge < -0.3 is 14.6 Å². The molecule has 1 N–H and O–H groups in total. The Hall–Kier alpha value is -1.07. The van der Waals surface area contributed by atoms with Gasteiger partial charge in [-0.25, -0.2) is 4.98 Å². The second-order valence-corrected chi connectivity index (χ2v) is 6.05. The third kappa shape index (κ3) is 3.15. The fourth-order valence-corrected chi connectivity index (χ4v) is 3.11. The van der Waals surface area contributed by atoms with Gasteiger partial charge in [0, 0.05) is 45.6 Å². The van der Waals surface area contributed by atoms with Crippen LogP contribution in [0.3, 0.4) is 0 Å². The fraction of sp³-hybridized carbons (Fsp3) is 0.800. The molecule has 0 aromatic carbocycles. The molecular weight excluding hydrogens is 252 g/mol. The van der Waals surface area contributed by atoms with Crippen molar-refractivity contribution in [1.82, 2.24) is 14.5 Å². The molecule has 5 nitrogen and oxygen atoms in total. The van der Waals surface area contributed by atoms with Gasteiger partial charge in [-0.1, -0.05) is 0 Å². The van der Waals surface area contributed by atoms with E-state index in [1.54, 1.807) is 7.11 Å². The van der Waals surface area contributed by atoms with Crippen LogP contribution in [0.4, 0.5) is 5.95 Å². The number of likely N-dealkylation sites (tertiary alicyclic amines) is 1. The number of hydrogen-bond donors (Lipinski definition) is 1. The zero-order valence-corrected chi connectivity index (χ0v) is 12.6. The highest BCUT2D eigenvalue weighted by atomic mass is 16.5. The maximum atomic E-state index is 5.09. The van der Waals surface area contributed by atoms with Crippen molar-refractivity contribution in [2.75, 3.05) is 38.7 Å². The number of imidazole rings is 1. The van der Waals surface area contributed by atoms with Gasteiger partial charge in [0.15, 0.2) is 0 Å². The van der Waals surface area contributed by atoms with Crippen molar-refractivity contribution >= 4 is 5.95 Å². The van der Waals surface area contributed by atoms with Crippen LogP contribution in [0.2, 0.25) is 0 Å². The van der Waals surface area contributed by atoms with E-state index < -0.39 is 0 Å².